The van der Waals surface area contributed by atoms with Crippen LogP contribution in [0.3, 0.4) is 0 Å². The third kappa shape index (κ3) is 2.94. The SMILES string of the molecule is COc1nc(N)nc(Nc2cccc(Cl)c2)n1. The van der Waals surface area contributed by atoms with E-state index in [4.69, 9.17) is 22.1 Å². The summed E-state index contributed by atoms with van der Waals surface area (Å²) in [6.45, 7) is 0. The van der Waals surface area contributed by atoms with Crippen LogP contribution in [0.25, 0.3) is 0 Å². The zero-order valence-electron chi connectivity index (χ0n) is 9.01. The van der Waals surface area contributed by atoms with Gasteiger partial charge in [0, 0.05) is 10.7 Å². The molecule has 0 bridgehead atoms. The normalized spacial score (nSPS) is 10.0. The number of rotatable bonds is 3. The molecule has 2 aromatic rings. The number of hydrogen-bond acceptors (Lipinski definition) is 6. The Balaban J connectivity index is 2.26. The van der Waals surface area contributed by atoms with Crippen LogP contribution in [-0.4, -0.2) is 22.1 Å². The first kappa shape index (κ1) is 11.4. The maximum atomic E-state index is 5.86. The van der Waals surface area contributed by atoms with Gasteiger partial charge in [0.1, 0.15) is 0 Å². The summed E-state index contributed by atoms with van der Waals surface area (Å²) in [6.07, 6.45) is 0. The van der Waals surface area contributed by atoms with Crippen LogP contribution < -0.4 is 15.8 Å². The second-order valence-electron chi connectivity index (χ2n) is 3.14. The molecule has 0 aliphatic carbocycles. The zero-order valence-corrected chi connectivity index (χ0v) is 9.77. The number of halogens is 1. The number of anilines is 3. The second-order valence-corrected chi connectivity index (χ2v) is 3.58. The molecule has 17 heavy (non-hydrogen) atoms. The van der Waals surface area contributed by atoms with Gasteiger partial charge in [0.15, 0.2) is 0 Å². The highest BCUT2D eigenvalue weighted by Gasteiger charge is 2.04. The Hall–Kier alpha value is -2.08. The molecular formula is C10H10ClN5O. The van der Waals surface area contributed by atoms with E-state index in [9.17, 15) is 0 Å². The molecule has 88 valence electrons. The van der Waals surface area contributed by atoms with E-state index in [0.29, 0.717) is 11.0 Å². The average molecular weight is 252 g/mol. The van der Waals surface area contributed by atoms with Crippen molar-refractivity contribution < 1.29 is 4.74 Å². The summed E-state index contributed by atoms with van der Waals surface area (Å²) < 4.78 is 4.89. The molecule has 1 aromatic heterocycles. The first-order valence-electron chi connectivity index (χ1n) is 4.75. The first-order chi connectivity index (χ1) is 8.17. The van der Waals surface area contributed by atoms with Gasteiger partial charge in [-0.2, -0.15) is 15.0 Å². The fraction of sp³-hybridized carbons (Fsp3) is 0.100. The van der Waals surface area contributed by atoms with Crippen molar-refractivity contribution in [1.29, 1.82) is 0 Å². The van der Waals surface area contributed by atoms with E-state index in [-0.39, 0.29) is 12.0 Å². The Labute approximate surface area is 103 Å². The summed E-state index contributed by atoms with van der Waals surface area (Å²) in [7, 11) is 1.46. The van der Waals surface area contributed by atoms with Gasteiger partial charge in [-0.05, 0) is 18.2 Å². The minimum Gasteiger partial charge on any atom is -0.467 e. The minimum absolute atomic E-state index is 0.0846. The monoisotopic (exact) mass is 251 g/mol. The van der Waals surface area contributed by atoms with Crippen molar-refractivity contribution in [2.24, 2.45) is 0 Å². The number of hydrogen-bond donors (Lipinski definition) is 2. The van der Waals surface area contributed by atoms with E-state index in [0.717, 1.165) is 5.69 Å². The third-order valence-electron chi connectivity index (χ3n) is 1.90. The lowest BCUT2D eigenvalue weighted by molar-refractivity contribution is 0.380. The molecule has 0 radical (unpaired) electrons. The summed E-state index contributed by atoms with van der Waals surface area (Å²) in [6, 6.07) is 7.32. The molecule has 0 saturated carbocycles. The number of nitrogens with zero attached hydrogens (tertiary/aromatic N) is 3. The molecule has 0 atom stereocenters. The minimum atomic E-state index is 0.0846. The maximum absolute atomic E-state index is 5.86. The van der Waals surface area contributed by atoms with Gasteiger partial charge in [-0.15, -0.1) is 0 Å². The number of nitrogens with two attached hydrogens (primary N) is 1. The predicted molar refractivity (Wildman–Crippen MR) is 65.5 cm³/mol. The van der Waals surface area contributed by atoms with Crippen LogP contribution in [0.15, 0.2) is 24.3 Å². The molecule has 0 spiro atoms. The van der Waals surface area contributed by atoms with Gasteiger partial charge in [-0.3, -0.25) is 0 Å². The van der Waals surface area contributed by atoms with Gasteiger partial charge in [-0.25, -0.2) is 0 Å². The van der Waals surface area contributed by atoms with E-state index < -0.39 is 0 Å². The van der Waals surface area contributed by atoms with Crippen molar-refractivity contribution in [2.45, 2.75) is 0 Å². The summed E-state index contributed by atoms with van der Waals surface area (Å²) in [4.78, 5) is 11.7. The van der Waals surface area contributed by atoms with Crippen molar-refractivity contribution in [3.8, 4) is 6.01 Å². The summed E-state index contributed by atoms with van der Waals surface area (Å²) in [5.41, 5.74) is 6.27. The predicted octanol–water partition coefficient (Wildman–Crippen LogP) is 1.86. The highest BCUT2D eigenvalue weighted by Crippen LogP contribution is 2.19. The largest absolute Gasteiger partial charge is 0.467 e. The first-order valence-corrected chi connectivity index (χ1v) is 5.13. The molecule has 6 nitrogen and oxygen atoms in total. The topological polar surface area (TPSA) is 86.0 Å². The Morgan fingerprint density at radius 3 is 2.82 bits per heavy atom. The molecule has 0 aliphatic heterocycles. The van der Waals surface area contributed by atoms with Gasteiger partial charge < -0.3 is 15.8 Å². The summed E-state index contributed by atoms with van der Waals surface area (Å²) >= 11 is 5.86. The molecule has 1 heterocycles. The van der Waals surface area contributed by atoms with Crippen LogP contribution in [0.1, 0.15) is 0 Å². The summed E-state index contributed by atoms with van der Waals surface area (Å²) in [5, 5.41) is 3.57. The Bertz CT molecular complexity index is 534. The molecule has 0 aliphatic rings. The highest BCUT2D eigenvalue weighted by atomic mass is 35.5. The standard InChI is InChI=1S/C10H10ClN5O/c1-17-10-15-8(12)14-9(16-10)13-7-4-2-3-6(11)5-7/h2-5H,1H3,(H3,12,13,14,15,16). The van der Waals surface area contributed by atoms with Gasteiger partial charge >= 0.3 is 6.01 Å². The smallest absolute Gasteiger partial charge is 0.322 e. The fourth-order valence-electron chi connectivity index (χ4n) is 1.21. The van der Waals surface area contributed by atoms with Crippen LogP contribution >= 0.6 is 11.6 Å². The van der Waals surface area contributed by atoms with E-state index in [1.165, 1.54) is 7.11 Å². The third-order valence-corrected chi connectivity index (χ3v) is 2.13. The number of benzene rings is 1. The molecule has 1 aromatic carbocycles. The van der Waals surface area contributed by atoms with Crippen LogP contribution in [0, 0.1) is 0 Å². The number of aromatic nitrogens is 3. The van der Waals surface area contributed by atoms with Crippen molar-refractivity contribution in [3.63, 3.8) is 0 Å². The van der Waals surface area contributed by atoms with Gasteiger partial charge in [-0.1, -0.05) is 17.7 Å². The Morgan fingerprint density at radius 1 is 1.29 bits per heavy atom. The number of nitrogen functional groups attached to an aromatic ring is 1. The van der Waals surface area contributed by atoms with E-state index in [1.807, 2.05) is 12.1 Å². The highest BCUT2D eigenvalue weighted by molar-refractivity contribution is 6.30. The molecule has 3 N–H and O–H groups in total. The molecule has 0 saturated heterocycles. The van der Waals surface area contributed by atoms with Crippen molar-refractivity contribution in [2.75, 3.05) is 18.2 Å². The molecule has 0 amide bonds. The van der Waals surface area contributed by atoms with Gasteiger partial charge in [0.2, 0.25) is 11.9 Å². The molecular weight excluding hydrogens is 242 g/mol. The van der Waals surface area contributed by atoms with Crippen LogP contribution in [0.4, 0.5) is 17.6 Å². The molecule has 2 rings (SSSR count). The van der Waals surface area contributed by atoms with Crippen molar-refractivity contribution in [3.05, 3.63) is 29.3 Å². The van der Waals surface area contributed by atoms with Crippen LogP contribution in [0.2, 0.25) is 5.02 Å². The fourth-order valence-corrected chi connectivity index (χ4v) is 1.40. The number of methoxy groups -OCH3 is 1. The lowest BCUT2D eigenvalue weighted by atomic mass is 10.3. The average Bonchev–Trinajstić information content (AvgIpc) is 2.28. The van der Waals surface area contributed by atoms with E-state index in [1.54, 1.807) is 12.1 Å². The second kappa shape index (κ2) is 4.84. The zero-order chi connectivity index (χ0) is 12.3. The number of nitrogens with one attached hydrogen (secondary N) is 1. The van der Waals surface area contributed by atoms with Crippen molar-refractivity contribution in [1.82, 2.24) is 15.0 Å². The Morgan fingerprint density at radius 2 is 2.12 bits per heavy atom. The Kier molecular flexibility index (Phi) is 3.24. The molecule has 0 unspecified atom stereocenters. The number of ether oxygens (including phenoxy) is 1. The lowest BCUT2D eigenvalue weighted by Crippen LogP contribution is -2.05. The van der Waals surface area contributed by atoms with Crippen LogP contribution in [-0.2, 0) is 0 Å². The van der Waals surface area contributed by atoms with Gasteiger partial charge in [0.05, 0.1) is 7.11 Å². The van der Waals surface area contributed by atoms with Crippen molar-refractivity contribution >= 4 is 29.2 Å². The summed E-state index contributed by atoms with van der Waals surface area (Å²) in [5.74, 6) is 0.387. The lowest BCUT2D eigenvalue weighted by Gasteiger charge is -2.06. The quantitative estimate of drug-likeness (QED) is 0.866. The van der Waals surface area contributed by atoms with E-state index in [2.05, 4.69) is 20.3 Å². The molecule has 7 heteroatoms. The molecule has 0 fully saturated rings. The van der Waals surface area contributed by atoms with E-state index >= 15 is 0 Å². The maximum Gasteiger partial charge on any atom is 0.322 e. The van der Waals surface area contributed by atoms with Crippen LogP contribution in [0.5, 0.6) is 6.01 Å². The van der Waals surface area contributed by atoms with Gasteiger partial charge in [0.25, 0.3) is 0 Å².